The molecule has 1 aliphatic rings. The molecule has 8 nitrogen and oxygen atoms in total. The van der Waals surface area contributed by atoms with Gasteiger partial charge in [0.1, 0.15) is 12.0 Å². The van der Waals surface area contributed by atoms with Gasteiger partial charge in [0.2, 0.25) is 6.79 Å². The number of nitrogens with zero attached hydrogens (tertiary/aromatic N) is 3. The predicted octanol–water partition coefficient (Wildman–Crippen LogP) is 1.22. The van der Waals surface area contributed by atoms with Crippen molar-refractivity contribution in [1.29, 1.82) is 0 Å². The minimum atomic E-state index is 0.0389. The molecule has 1 aromatic heterocycles. The van der Waals surface area contributed by atoms with Crippen LogP contribution in [0.2, 0.25) is 0 Å². The molecule has 0 aliphatic carbocycles. The molecule has 0 amide bonds. The van der Waals surface area contributed by atoms with Crippen molar-refractivity contribution in [2.45, 2.75) is 13.5 Å². The van der Waals surface area contributed by atoms with Crippen molar-refractivity contribution < 1.29 is 14.6 Å². The lowest BCUT2D eigenvalue weighted by Crippen LogP contribution is -2.28. The lowest BCUT2D eigenvalue weighted by Gasteiger charge is -2.23. The van der Waals surface area contributed by atoms with Crippen LogP contribution in [0.4, 0.5) is 17.3 Å². The van der Waals surface area contributed by atoms with Gasteiger partial charge in [-0.25, -0.2) is 9.97 Å². The molecule has 0 atom stereocenters. The normalized spacial score (nSPS) is 12.2. The topological polar surface area (TPSA) is 106 Å². The molecule has 0 spiro atoms. The number of nitrogen functional groups attached to an aromatic ring is 1. The lowest BCUT2D eigenvalue weighted by atomic mass is 10.2. The van der Waals surface area contributed by atoms with E-state index in [1.54, 1.807) is 0 Å². The Bertz CT molecular complexity index is 710. The number of likely N-dealkylation sites (N-methyl/N-ethyl adjacent to an activating group) is 1. The number of benzene rings is 1. The third-order valence-electron chi connectivity index (χ3n) is 3.81. The van der Waals surface area contributed by atoms with Gasteiger partial charge in [-0.05, 0) is 24.6 Å². The van der Waals surface area contributed by atoms with Gasteiger partial charge < -0.3 is 30.5 Å². The number of aromatic nitrogens is 2. The van der Waals surface area contributed by atoms with Crippen LogP contribution < -0.4 is 25.4 Å². The number of hydrogen-bond donors (Lipinski definition) is 3. The second-order valence-electron chi connectivity index (χ2n) is 5.30. The molecule has 0 bridgehead atoms. The van der Waals surface area contributed by atoms with Crippen LogP contribution in [0, 0.1) is 0 Å². The van der Waals surface area contributed by atoms with E-state index in [2.05, 4.69) is 15.3 Å². The first-order valence-electron chi connectivity index (χ1n) is 7.81. The Kier molecular flexibility index (Phi) is 4.85. The third-order valence-corrected chi connectivity index (χ3v) is 3.81. The summed E-state index contributed by atoms with van der Waals surface area (Å²) < 4.78 is 10.7. The van der Waals surface area contributed by atoms with Gasteiger partial charge in [0, 0.05) is 19.6 Å². The van der Waals surface area contributed by atoms with Gasteiger partial charge in [0.05, 0.1) is 6.61 Å². The van der Waals surface area contributed by atoms with Crippen LogP contribution in [0.1, 0.15) is 12.5 Å². The maximum Gasteiger partial charge on any atom is 0.231 e. The summed E-state index contributed by atoms with van der Waals surface area (Å²) in [5.74, 6) is 2.68. The van der Waals surface area contributed by atoms with Gasteiger partial charge in [-0.2, -0.15) is 0 Å². The first-order chi connectivity index (χ1) is 11.7. The smallest absolute Gasteiger partial charge is 0.231 e. The van der Waals surface area contributed by atoms with E-state index < -0.39 is 0 Å². The summed E-state index contributed by atoms with van der Waals surface area (Å²) in [5, 5.41) is 12.4. The first-order valence-corrected chi connectivity index (χ1v) is 7.81. The SMILES string of the molecule is CCN(CCO)c1ncnc(NCc2ccc3c(c2)OCO3)c1N. The average molecular weight is 331 g/mol. The van der Waals surface area contributed by atoms with Crippen molar-refractivity contribution in [2.24, 2.45) is 0 Å². The zero-order chi connectivity index (χ0) is 16.9. The molecule has 4 N–H and O–H groups in total. The molecular weight excluding hydrogens is 310 g/mol. The second-order valence-corrected chi connectivity index (χ2v) is 5.30. The minimum absolute atomic E-state index is 0.0389. The summed E-state index contributed by atoms with van der Waals surface area (Å²) in [6.45, 7) is 3.99. The Morgan fingerprint density at radius 3 is 2.92 bits per heavy atom. The Balaban J connectivity index is 1.73. The molecule has 3 rings (SSSR count). The van der Waals surface area contributed by atoms with E-state index in [4.69, 9.17) is 20.3 Å². The number of rotatable bonds is 7. The third kappa shape index (κ3) is 3.28. The maximum absolute atomic E-state index is 9.15. The summed E-state index contributed by atoms with van der Waals surface area (Å²) in [7, 11) is 0. The van der Waals surface area contributed by atoms with Crippen molar-refractivity contribution in [1.82, 2.24) is 9.97 Å². The molecule has 2 aromatic rings. The van der Waals surface area contributed by atoms with E-state index in [0.717, 1.165) is 17.1 Å². The Morgan fingerprint density at radius 1 is 1.29 bits per heavy atom. The van der Waals surface area contributed by atoms with E-state index in [1.165, 1.54) is 6.33 Å². The number of fused-ring (bicyclic) bond motifs is 1. The van der Waals surface area contributed by atoms with Crippen LogP contribution in [-0.4, -0.2) is 41.6 Å². The van der Waals surface area contributed by atoms with Crippen LogP contribution in [0.25, 0.3) is 0 Å². The lowest BCUT2D eigenvalue weighted by molar-refractivity contribution is 0.174. The Hall–Kier alpha value is -2.74. The van der Waals surface area contributed by atoms with Crippen LogP contribution in [0.5, 0.6) is 11.5 Å². The highest BCUT2D eigenvalue weighted by molar-refractivity contribution is 5.74. The van der Waals surface area contributed by atoms with Gasteiger partial charge in [-0.3, -0.25) is 0 Å². The second kappa shape index (κ2) is 7.22. The van der Waals surface area contributed by atoms with Gasteiger partial charge >= 0.3 is 0 Å². The van der Waals surface area contributed by atoms with Crippen LogP contribution in [0.3, 0.4) is 0 Å². The van der Waals surface area contributed by atoms with Crippen molar-refractivity contribution in [2.75, 3.05) is 42.4 Å². The number of ether oxygens (including phenoxy) is 2. The molecule has 1 aromatic carbocycles. The molecule has 24 heavy (non-hydrogen) atoms. The fraction of sp³-hybridized carbons (Fsp3) is 0.375. The molecule has 8 heteroatoms. The first kappa shape index (κ1) is 16.1. The molecule has 0 saturated carbocycles. The Labute approximate surface area is 140 Å². The number of nitrogens with one attached hydrogen (secondary N) is 1. The zero-order valence-electron chi connectivity index (χ0n) is 13.5. The Morgan fingerprint density at radius 2 is 2.12 bits per heavy atom. The van der Waals surface area contributed by atoms with Crippen molar-refractivity contribution in [3.8, 4) is 11.5 Å². The number of anilines is 3. The summed E-state index contributed by atoms with van der Waals surface area (Å²) in [4.78, 5) is 10.3. The molecule has 128 valence electrons. The molecular formula is C16H21N5O3. The van der Waals surface area contributed by atoms with Gasteiger partial charge in [0.25, 0.3) is 0 Å². The summed E-state index contributed by atoms with van der Waals surface area (Å²) in [6, 6.07) is 5.77. The van der Waals surface area contributed by atoms with Crippen LogP contribution in [0.15, 0.2) is 24.5 Å². The molecule has 0 saturated heterocycles. The van der Waals surface area contributed by atoms with Crippen LogP contribution >= 0.6 is 0 Å². The quantitative estimate of drug-likeness (QED) is 0.695. The van der Waals surface area contributed by atoms with E-state index in [1.807, 2.05) is 30.0 Å². The number of hydrogen-bond acceptors (Lipinski definition) is 8. The van der Waals surface area contributed by atoms with Gasteiger partial charge in [-0.15, -0.1) is 0 Å². The predicted molar refractivity (Wildman–Crippen MR) is 91.3 cm³/mol. The standard InChI is InChI=1S/C16H21N5O3/c1-2-21(5-6-22)16-14(17)15(19-9-20-16)18-8-11-3-4-12-13(7-11)24-10-23-12/h3-4,7,9,22H,2,5-6,8,10,17H2,1H3,(H,18,19,20). The summed E-state index contributed by atoms with van der Waals surface area (Å²) in [5.41, 5.74) is 7.68. The monoisotopic (exact) mass is 331 g/mol. The number of aliphatic hydroxyl groups is 1. The molecule has 0 radical (unpaired) electrons. The number of aliphatic hydroxyl groups excluding tert-OH is 1. The van der Waals surface area contributed by atoms with E-state index in [9.17, 15) is 0 Å². The minimum Gasteiger partial charge on any atom is -0.454 e. The number of nitrogens with two attached hydrogens (primary N) is 1. The van der Waals surface area contributed by atoms with E-state index >= 15 is 0 Å². The average Bonchev–Trinajstić information content (AvgIpc) is 3.07. The van der Waals surface area contributed by atoms with Crippen LogP contribution in [-0.2, 0) is 6.54 Å². The molecule has 2 heterocycles. The highest BCUT2D eigenvalue weighted by Gasteiger charge is 2.15. The molecule has 1 aliphatic heterocycles. The fourth-order valence-corrected chi connectivity index (χ4v) is 2.55. The molecule has 0 unspecified atom stereocenters. The summed E-state index contributed by atoms with van der Waals surface area (Å²) in [6.07, 6.45) is 1.47. The van der Waals surface area contributed by atoms with Gasteiger partial charge in [0.15, 0.2) is 23.1 Å². The van der Waals surface area contributed by atoms with Crippen molar-refractivity contribution >= 4 is 17.3 Å². The molecule has 0 fully saturated rings. The van der Waals surface area contributed by atoms with Crippen molar-refractivity contribution in [3.63, 3.8) is 0 Å². The fourth-order valence-electron chi connectivity index (χ4n) is 2.55. The van der Waals surface area contributed by atoms with Gasteiger partial charge in [-0.1, -0.05) is 6.07 Å². The zero-order valence-corrected chi connectivity index (χ0v) is 13.5. The highest BCUT2D eigenvalue weighted by Crippen LogP contribution is 2.33. The van der Waals surface area contributed by atoms with E-state index in [0.29, 0.717) is 37.0 Å². The largest absolute Gasteiger partial charge is 0.454 e. The summed E-state index contributed by atoms with van der Waals surface area (Å²) >= 11 is 0. The van der Waals surface area contributed by atoms with Crippen molar-refractivity contribution in [3.05, 3.63) is 30.1 Å². The highest BCUT2D eigenvalue weighted by atomic mass is 16.7. The maximum atomic E-state index is 9.15. The van der Waals surface area contributed by atoms with E-state index in [-0.39, 0.29) is 13.4 Å².